The summed E-state index contributed by atoms with van der Waals surface area (Å²) >= 11 is 0. The molecule has 0 unspecified atom stereocenters. The SMILES string of the molecule is CCOC(=O)[C@H](Cc1ccc(OC/C=C(\c2ccccc2)c2ccc(-c3ccccc3)cc2)cc1)OCC. The van der Waals surface area contributed by atoms with Crippen molar-refractivity contribution < 1.29 is 19.0 Å². The molecule has 4 aromatic carbocycles. The quantitative estimate of drug-likeness (QED) is 0.188. The third-order valence-electron chi connectivity index (χ3n) is 6.19. The van der Waals surface area contributed by atoms with Crippen molar-refractivity contribution in [2.45, 2.75) is 26.4 Å². The van der Waals surface area contributed by atoms with E-state index < -0.39 is 6.10 Å². The Bertz CT molecular complexity index is 1290. The highest BCUT2D eigenvalue weighted by Crippen LogP contribution is 2.27. The average molecular weight is 507 g/mol. The van der Waals surface area contributed by atoms with Gasteiger partial charge < -0.3 is 14.2 Å². The molecule has 0 aliphatic heterocycles. The number of carbonyl (C=O) groups is 1. The minimum Gasteiger partial charge on any atom is -0.490 e. The standard InChI is InChI=1S/C34H34O4/c1-3-36-33(34(35)37-4-2)25-26-15-21-31(22-16-26)38-24-23-32(29-13-9-6-10-14-29)30-19-17-28(18-20-30)27-11-7-5-8-12-27/h5-23,33H,3-4,24-25H2,1-2H3/b32-23+/t33-/m0/s1. The third-order valence-corrected chi connectivity index (χ3v) is 6.19. The fourth-order valence-electron chi connectivity index (χ4n) is 4.30. The summed E-state index contributed by atoms with van der Waals surface area (Å²) in [4.78, 5) is 12.2. The summed E-state index contributed by atoms with van der Waals surface area (Å²) in [5.74, 6) is 0.436. The lowest BCUT2D eigenvalue weighted by atomic mass is 9.95. The molecule has 0 saturated heterocycles. The topological polar surface area (TPSA) is 44.8 Å². The van der Waals surface area contributed by atoms with Crippen LogP contribution in [0, 0.1) is 0 Å². The lowest BCUT2D eigenvalue weighted by molar-refractivity contribution is -0.156. The number of benzene rings is 4. The summed E-state index contributed by atoms with van der Waals surface area (Å²) in [5.41, 5.74) is 6.77. The van der Waals surface area contributed by atoms with Gasteiger partial charge in [-0.2, -0.15) is 0 Å². The highest BCUT2D eigenvalue weighted by molar-refractivity contribution is 5.81. The summed E-state index contributed by atoms with van der Waals surface area (Å²) in [6.07, 6.45) is 1.98. The van der Waals surface area contributed by atoms with E-state index in [-0.39, 0.29) is 5.97 Å². The van der Waals surface area contributed by atoms with Crippen LogP contribution in [-0.2, 0) is 20.7 Å². The maximum absolute atomic E-state index is 12.2. The van der Waals surface area contributed by atoms with Gasteiger partial charge >= 0.3 is 5.97 Å². The maximum atomic E-state index is 12.2. The molecule has 4 rings (SSSR count). The molecule has 0 radical (unpaired) electrons. The number of hydrogen-bond acceptors (Lipinski definition) is 4. The van der Waals surface area contributed by atoms with Crippen molar-refractivity contribution >= 4 is 11.5 Å². The number of ether oxygens (including phenoxy) is 3. The van der Waals surface area contributed by atoms with E-state index in [1.54, 1.807) is 6.92 Å². The van der Waals surface area contributed by atoms with Crippen LogP contribution in [0.3, 0.4) is 0 Å². The Morgan fingerprint density at radius 1 is 0.711 bits per heavy atom. The van der Waals surface area contributed by atoms with E-state index in [0.29, 0.717) is 26.2 Å². The van der Waals surface area contributed by atoms with Crippen molar-refractivity contribution in [2.24, 2.45) is 0 Å². The zero-order valence-electron chi connectivity index (χ0n) is 22.0. The molecule has 0 aliphatic rings. The van der Waals surface area contributed by atoms with Crippen molar-refractivity contribution in [1.82, 2.24) is 0 Å². The Morgan fingerprint density at radius 3 is 1.95 bits per heavy atom. The molecule has 0 spiro atoms. The summed E-state index contributed by atoms with van der Waals surface area (Å²) in [7, 11) is 0. The number of carbonyl (C=O) groups excluding carboxylic acids is 1. The second-order valence-corrected chi connectivity index (χ2v) is 8.78. The lowest BCUT2D eigenvalue weighted by Crippen LogP contribution is -2.28. The summed E-state index contributed by atoms with van der Waals surface area (Å²) < 4.78 is 16.8. The van der Waals surface area contributed by atoms with Crippen LogP contribution in [0.15, 0.2) is 115 Å². The van der Waals surface area contributed by atoms with E-state index in [1.165, 1.54) is 11.1 Å². The van der Waals surface area contributed by atoms with E-state index in [4.69, 9.17) is 14.2 Å². The monoisotopic (exact) mass is 506 g/mol. The van der Waals surface area contributed by atoms with Crippen LogP contribution in [-0.4, -0.2) is 31.9 Å². The first-order chi connectivity index (χ1) is 18.7. The Hall–Kier alpha value is -4.15. The van der Waals surface area contributed by atoms with E-state index in [0.717, 1.165) is 28.0 Å². The number of hydrogen-bond donors (Lipinski definition) is 0. The zero-order valence-corrected chi connectivity index (χ0v) is 22.0. The van der Waals surface area contributed by atoms with Gasteiger partial charge in [-0.15, -0.1) is 0 Å². The Morgan fingerprint density at radius 2 is 1.32 bits per heavy atom. The van der Waals surface area contributed by atoms with Crippen LogP contribution >= 0.6 is 0 Å². The van der Waals surface area contributed by atoms with Crippen molar-refractivity contribution in [3.63, 3.8) is 0 Å². The van der Waals surface area contributed by atoms with Crippen LogP contribution in [0.5, 0.6) is 5.75 Å². The predicted octanol–water partition coefficient (Wildman–Crippen LogP) is 7.38. The molecule has 0 saturated carbocycles. The summed E-state index contributed by atoms with van der Waals surface area (Å²) in [5, 5.41) is 0. The Kier molecular flexibility index (Phi) is 9.89. The molecule has 0 amide bonds. The molecule has 0 fully saturated rings. The third kappa shape index (κ3) is 7.44. The second-order valence-electron chi connectivity index (χ2n) is 8.78. The van der Waals surface area contributed by atoms with Crippen LogP contribution in [0.4, 0.5) is 0 Å². The molecular weight excluding hydrogens is 472 g/mol. The fourth-order valence-corrected chi connectivity index (χ4v) is 4.30. The molecule has 4 nitrogen and oxygen atoms in total. The molecule has 38 heavy (non-hydrogen) atoms. The minimum absolute atomic E-state index is 0.329. The van der Waals surface area contributed by atoms with Crippen molar-refractivity contribution in [2.75, 3.05) is 19.8 Å². The van der Waals surface area contributed by atoms with Crippen molar-refractivity contribution in [3.05, 3.63) is 132 Å². The molecule has 0 heterocycles. The van der Waals surface area contributed by atoms with Gasteiger partial charge in [-0.3, -0.25) is 0 Å². The average Bonchev–Trinajstić information content (AvgIpc) is 2.97. The molecule has 0 N–H and O–H groups in total. The molecule has 4 aromatic rings. The number of esters is 1. The fraction of sp³-hybridized carbons (Fsp3) is 0.206. The van der Waals surface area contributed by atoms with Gasteiger partial charge in [-0.05, 0) is 65.4 Å². The van der Waals surface area contributed by atoms with Crippen molar-refractivity contribution in [1.29, 1.82) is 0 Å². The van der Waals surface area contributed by atoms with Gasteiger partial charge in [0, 0.05) is 13.0 Å². The van der Waals surface area contributed by atoms with Gasteiger partial charge in [0.15, 0.2) is 6.10 Å². The largest absolute Gasteiger partial charge is 0.490 e. The van der Waals surface area contributed by atoms with Crippen LogP contribution < -0.4 is 4.74 Å². The van der Waals surface area contributed by atoms with E-state index >= 15 is 0 Å². The highest BCUT2D eigenvalue weighted by Gasteiger charge is 2.20. The first kappa shape index (κ1) is 26.9. The first-order valence-electron chi connectivity index (χ1n) is 13.1. The van der Waals surface area contributed by atoms with Gasteiger partial charge in [0.05, 0.1) is 6.61 Å². The summed E-state index contributed by atoms with van der Waals surface area (Å²) in [6, 6.07) is 37.2. The van der Waals surface area contributed by atoms with Gasteiger partial charge in [-0.1, -0.05) is 97.1 Å². The second kappa shape index (κ2) is 14.0. The van der Waals surface area contributed by atoms with E-state index in [1.807, 2.05) is 55.5 Å². The Labute approximate surface area is 225 Å². The van der Waals surface area contributed by atoms with Crippen LogP contribution in [0.25, 0.3) is 16.7 Å². The lowest BCUT2D eigenvalue weighted by Gasteiger charge is -2.16. The molecule has 0 aliphatic carbocycles. The molecule has 1 atom stereocenters. The number of rotatable bonds is 12. The van der Waals surface area contributed by atoms with Gasteiger partial charge in [-0.25, -0.2) is 4.79 Å². The van der Waals surface area contributed by atoms with Crippen molar-refractivity contribution in [3.8, 4) is 16.9 Å². The molecule has 0 bridgehead atoms. The first-order valence-corrected chi connectivity index (χ1v) is 13.1. The van der Waals surface area contributed by atoms with Gasteiger partial charge in [0.25, 0.3) is 0 Å². The maximum Gasteiger partial charge on any atom is 0.335 e. The van der Waals surface area contributed by atoms with E-state index in [9.17, 15) is 4.79 Å². The molecule has 4 heteroatoms. The zero-order chi connectivity index (χ0) is 26.6. The van der Waals surface area contributed by atoms with Gasteiger partial charge in [0.1, 0.15) is 12.4 Å². The molecule has 0 aromatic heterocycles. The van der Waals surface area contributed by atoms with Gasteiger partial charge in [0.2, 0.25) is 0 Å². The Balaban J connectivity index is 1.45. The highest BCUT2D eigenvalue weighted by atomic mass is 16.6. The van der Waals surface area contributed by atoms with Crippen LogP contribution in [0.1, 0.15) is 30.5 Å². The smallest absolute Gasteiger partial charge is 0.335 e. The summed E-state index contributed by atoms with van der Waals surface area (Å²) in [6.45, 7) is 4.89. The normalized spacial score (nSPS) is 12.1. The predicted molar refractivity (Wildman–Crippen MR) is 153 cm³/mol. The molecule has 194 valence electrons. The van der Waals surface area contributed by atoms with Crippen LogP contribution in [0.2, 0.25) is 0 Å². The van der Waals surface area contributed by atoms with E-state index in [2.05, 4.69) is 66.7 Å². The minimum atomic E-state index is -0.601. The molecular formula is C34H34O4.